The minimum Gasteiger partial charge on any atom is -0.460 e. The SMILES string of the molecule is CCCCCCCCCC(Cc1ccccc1)C(=O)NC1CCCCC1OC(=O)CCNC(=O)C1OC(C)(C)OCC1(C)C. The lowest BCUT2D eigenvalue weighted by Crippen LogP contribution is -2.56. The second-order valence-corrected chi connectivity index (χ2v) is 13.9. The Labute approximate surface area is 265 Å². The summed E-state index contributed by atoms with van der Waals surface area (Å²) in [5.74, 6) is -1.52. The van der Waals surface area contributed by atoms with Crippen LogP contribution >= 0.6 is 0 Å². The number of esters is 1. The number of unbranched alkanes of at least 4 members (excludes halogenated alkanes) is 6. The molecule has 8 heteroatoms. The molecule has 1 heterocycles. The zero-order valence-electron chi connectivity index (χ0n) is 28.0. The van der Waals surface area contributed by atoms with Crippen molar-refractivity contribution in [2.24, 2.45) is 11.3 Å². The Kier molecular flexibility index (Phi) is 14.6. The van der Waals surface area contributed by atoms with Crippen LogP contribution in [-0.2, 0) is 35.0 Å². The van der Waals surface area contributed by atoms with Gasteiger partial charge in [-0.05, 0) is 51.5 Å². The summed E-state index contributed by atoms with van der Waals surface area (Å²) in [6, 6.07) is 10.0. The number of rotatable bonds is 17. The van der Waals surface area contributed by atoms with Gasteiger partial charge in [-0.3, -0.25) is 14.4 Å². The molecule has 2 amide bonds. The molecule has 2 fully saturated rings. The Hall–Kier alpha value is -2.45. The summed E-state index contributed by atoms with van der Waals surface area (Å²) < 4.78 is 17.5. The highest BCUT2D eigenvalue weighted by Gasteiger charge is 2.45. The first-order valence-corrected chi connectivity index (χ1v) is 17.1. The summed E-state index contributed by atoms with van der Waals surface area (Å²) in [6.45, 7) is 10.2. The average molecular weight is 615 g/mol. The van der Waals surface area contributed by atoms with Crippen LogP contribution in [0.5, 0.6) is 0 Å². The molecule has 1 saturated heterocycles. The van der Waals surface area contributed by atoms with Gasteiger partial charge in [0.05, 0.1) is 19.1 Å². The van der Waals surface area contributed by atoms with Crippen molar-refractivity contribution >= 4 is 17.8 Å². The van der Waals surface area contributed by atoms with Gasteiger partial charge in [0.1, 0.15) is 12.2 Å². The Morgan fingerprint density at radius 1 is 0.955 bits per heavy atom. The first-order chi connectivity index (χ1) is 21.0. The largest absolute Gasteiger partial charge is 0.460 e. The van der Waals surface area contributed by atoms with E-state index in [1.165, 1.54) is 37.7 Å². The first-order valence-electron chi connectivity index (χ1n) is 17.1. The van der Waals surface area contributed by atoms with Crippen molar-refractivity contribution in [2.75, 3.05) is 13.2 Å². The molecular formula is C36H58N2O6. The quantitative estimate of drug-likeness (QED) is 0.151. The highest BCUT2D eigenvalue weighted by atomic mass is 16.7. The fourth-order valence-electron chi connectivity index (χ4n) is 6.21. The van der Waals surface area contributed by atoms with Crippen LogP contribution in [0.1, 0.15) is 124 Å². The molecule has 1 aliphatic carbocycles. The van der Waals surface area contributed by atoms with E-state index in [1.54, 1.807) is 13.8 Å². The van der Waals surface area contributed by atoms with Crippen molar-refractivity contribution in [3.05, 3.63) is 35.9 Å². The number of carbonyl (C=O) groups is 3. The fraction of sp³-hybridized carbons (Fsp3) is 0.750. The van der Waals surface area contributed by atoms with Crippen molar-refractivity contribution in [1.29, 1.82) is 0 Å². The number of hydrogen-bond donors (Lipinski definition) is 2. The third kappa shape index (κ3) is 12.2. The molecule has 0 radical (unpaired) electrons. The molecule has 0 aromatic heterocycles. The van der Waals surface area contributed by atoms with Gasteiger partial charge in [0.15, 0.2) is 5.79 Å². The van der Waals surface area contributed by atoms with Gasteiger partial charge in [0.2, 0.25) is 11.8 Å². The Morgan fingerprint density at radius 3 is 2.36 bits per heavy atom. The van der Waals surface area contributed by atoms with Crippen LogP contribution in [0.4, 0.5) is 0 Å². The molecule has 2 N–H and O–H groups in total. The molecule has 0 bridgehead atoms. The summed E-state index contributed by atoms with van der Waals surface area (Å²) in [4.78, 5) is 39.4. The monoisotopic (exact) mass is 614 g/mol. The summed E-state index contributed by atoms with van der Waals surface area (Å²) in [7, 11) is 0. The van der Waals surface area contributed by atoms with E-state index in [9.17, 15) is 14.4 Å². The van der Waals surface area contributed by atoms with E-state index in [1.807, 2.05) is 32.0 Å². The van der Waals surface area contributed by atoms with E-state index in [-0.39, 0.29) is 48.8 Å². The maximum Gasteiger partial charge on any atom is 0.307 e. The summed E-state index contributed by atoms with van der Waals surface area (Å²) in [6.07, 6.45) is 12.6. The van der Waals surface area contributed by atoms with Gasteiger partial charge in [0.25, 0.3) is 0 Å². The number of amides is 2. The number of benzene rings is 1. The Morgan fingerprint density at radius 2 is 1.64 bits per heavy atom. The molecule has 0 spiro atoms. The molecule has 1 aliphatic heterocycles. The first kappa shape index (κ1) is 36.0. The molecule has 1 aromatic rings. The number of nitrogens with one attached hydrogen (secondary N) is 2. The van der Waals surface area contributed by atoms with E-state index in [2.05, 4.69) is 29.7 Å². The van der Waals surface area contributed by atoms with Crippen LogP contribution < -0.4 is 10.6 Å². The van der Waals surface area contributed by atoms with Gasteiger partial charge in [-0.15, -0.1) is 0 Å². The van der Waals surface area contributed by atoms with Crippen molar-refractivity contribution in [3.8, 4) is 0 Å². The van der Waals surface area contributed by atoms with E-state index in [0.29, 0.717) is 13.0 Å². The van der Waals surface area contributed by atoms with Crippen LogP contribution in [0.15, 0.2) is 30.3 Å². The van der Waals surface area contributed by atoms with E-state index in [4.69, 9.17) is 14.2 Å². The van der Waals surface area contributed by atoms with E-state index < -0.39 is 17.3 Å². The fourth-order valence-corrected chi connectivity index (χ4v) is 6.21. The van der Waals surface area contributed by atoms with Crippen molar-refractivity contribution in [2.45, 2.75) is 149 Å². The smallest absolute Gasteiger partial charge is 0.307 e. The van der Waals surface area contributed by atoms with Crippen LogP contribution in [0.25, 0.3) is 0 Å². The van der Waals surface area contributed by atoms with E-state index in [0.717, 1.165) is 44.9 Å². The van der Waals surface area contributed by atoms with Crippen molar-refractivity contribution < 1.29 is 28.6 Å². The van der Waals surface area contributed by atoms with Crippen LogP contribution in [0.2, 0.25) is 0 Å². The maximum atomic E-state index is 13.6. The van der Waals surface area contributed by atoms with Crippen molar-refractivity contribution in [1.82, 2.24) is 10.6 Å². The normalized spacial score (nSPS) is 23.3. The molecule has 4 atom stereocenters. The number of carbonyl (C=O) groups excluding carboxylic acids is 3. The van der Waals surface area contributed by atoms with Gasteiger partial charge in [0, 0.05) is 17.9 Å². The minimum absolute atomic E-state index is 0.0575. The van der Waals surface area contributed by atoms with Gasteiger partial charge < -0.3 is 24.8 Å². The van der Waals surface area contributed by atoms with Gasteiger partial charge in [-0.25, -0.2) is 0 Å². The third-order valence-electron chi connectivity index (χ3n) is 8.93. The molecule has 248 valence electrons. The predicted octanol–water partition coefficient (Wildman–Crippen LogP) is 6.64. The molecule has 44 heavy (non-hydrogen) atoms. The highest BCUT2D eigenvalue weighted by Crippen LogP contribution is 2.35. The molecule has 1 aromatic carbocycles. The lowest BCUT2D eigenvalue weighted by Gasteiger charge is -2.44. The highest BCUT2D eigenvalue weighted by molar-refractivity contribution is 5.82. The minimum atomic E-state index is -0.842. The molecule has 2 aliphatic rings. The number of hydrogen-bond acceptors (Lipinski definition) is 6. The van der Waals surface area contributed by atoms with Gasteiger partial charge >= 0.3 is 5.97 Å². The topological polar surface area (TPSA) is 103 Å². The maximum absolute atomic E-state index is 13.6. The van der Waals surface area contributed by atoms with Crippen molar-refractivity contribution in [3.63, 3.8) is 0 Å². The standard InChI is InChI=1S/C36H58N2O6/c1-6-7-8-9-10-11-15-20-28(25-27-18-13-12-14-19-27)33(40)38-29-21-16-17-22-30(29)43-31(39)23-24-37-34(41)32-35(2,3)26-42-36(4,5)44-32/h12-14,18-19,28-30,32H,6-11,15-17,20-26H2,1-5H3,(H,37,41)(H,38,40). The summed E-state index contributed by atoms with van der Waals surface area (Å²) in [5.41, 5.74) is 0.683. The van der Waals surface area contributed by atoms with Crippen LogP contribution in [0.3, 0.4) is 0 Å². The predicted molar refractivity (Wildman–Crippen MR) is 173 cm³/mol. The number of ether oxygens (including phenoxy) is 3. The Balaban J connectivity index is 1.49. The molecule has 8 nitrogen and oxygen atoms in total. The molecule has 4 unspecified atom stereocenters. The average Bonchev–Trinajstić information content (AvgIpc) is 2.99. The van der Waals surface area contributed by atoms with E-state index >= 15 is 0 Å². The van der Waals surface area contributed by atoms with Crippen LogP contribution in [-0.4, -0.2) is 55.0 Å². The summed E-state index contributed by atoms with van der Waals surface area (Å²) in [5, 5.41) is 6.13. The van der Waals surface area contributed by atoms with Gasteiger partial charge in [-0.1, -0.05) is 102 Å². The lowest BCUT2D eigenvalue weighted by atomic mass is 9.85. The van der Waals surface area contributed by atoms with Crippen LogP contribution in [0, 0.1) is 11.3 Å². The second-order valence-electron chi connectivity index (χ2n) is 13.9. The third-order valence-corrected chi connectivity index (χ3v) is 8.93. The summed E-state index contributed by atoms with van der Waals surface area (Å²) >= 11 is 0. The zero-order chi connectivity index (χ0) is 32.0. The Bertz CT molecular complexity index is 1030. The molecular weight excluding hydrogens is 556 g/mol. The lowest BCUT2D eigenvalue weighted by molar-refractivity contribution is -0.304. The second kappa shape index (κ2) is 17.9. The van der Waals surface area contributed by atoms with Gasteiger partial charge in [-0.2, -0.15) is 0 Å². The zero-order valence-corrected chi connectivity index (χ0v) is 28.0. The molecule has 3 rings (SSSR count). The molecule has 1 saturated carbocycles.